The molecule has 30 heavy (non-hydrogen) atoms. The van der Waals surface area contributed by atoms with Crippen molar-refractivity contribution < 1.29 is 14.3 Å². The van der Waals surface area contributed by atoms with Gasteiger partial charge in [-0.25, -0.2) is 4.79 Å². The molecule has 0 spiro atoms. The lowest BCUT2D eigenvalue weighted by atomic mass is 10.0. The molecule has 3 rings (SSSR count). The molecule has 0 saturated carbocycles. The maximum absolute atomic E-state index is 12.9. The van der Waals surface area contributed by atoms with Gasteiger partial charge >= 0.3 is 6.03 Å². The van der Waals surface area contributed by atoms with Crippen LogP contribution in [-0.2, 0) is 11.3 Å². The highest BCUT2D eigenvalue weighted by molar-refractivity contribution is 5.99. The molecule has 1 saturated heterocycles. The second-order valence-electron chi connectivity index (χ2n) is 7.67. The number of likely N-dealkylation sites (tertiary alicyclic amines) is 1. The molecule has 1 aromatic carbocycles. The molecule has 0 unspecified atom stereocenters. The van der Waals surface area contributed by atoms with Crippen molar-refractivity contribution in [1.29, 1.82) is 0 Å². The van der Waals surface area contributed by atoms with E-state index in [1.807, 2.05) is 4.90 Å². The summed E-state index contributed by atoms with van der Waals surface area (Å²) in [4.78, 5) is 39.7. The molecule has 1 atom stereocenters. The fourth-order valence-corrected chi connectivity index (χ4v) is 3.57. The van der Waals surface area contributed by atoms with E-state index in [4.69, 9.17) is 4.74 Å². The van der Waals surface area contributed by atoms with Crippen molar-refractivity contribution in [3.8, 4) is 5.75 Å². The Bertz CT molecular complexity index is 968. The third kappa shape index (κ3) is 5.20. The van der Waals surface area contributed by atoms with Crippen molar-refractivity contribution in [2.45, 2.75) is 33.2 Å². The van der Waals surface area contributed by atoms with E-state index in [1.165, 1.54) is 4.57 Å². The highest BCUT2D eigenvalue weighted by atomic mass is 16.5. The predicted molar refractivity (Wildman–Crippen MR) is 116 cm³/mol. The maximum atomic E-state index is 12.9. The van der Waals surface area contributed by atoms with Crippen LogP contribution in [0, 0.1) is 12.8 Å². The molecule has 2 heterocycles. The Morgan fingerprint density at radius 1 is 1.13 bits per heavy atom. The number of hydrogen-bond acceptors (Lipinski definition) is 4. The van der Waals surface area contributed by atoms with E-state index in [1.54, 1.807) is 50.4 Å². The molecule has 1 aliphatic heterocycles. The quantitative estimate of drug-likeness (QED) is 0.789. The van der Waals surface area contributed by atoms with E-state index < -0.39 is 11.6 Å². The third-order valence-electron chi connectivity index (χ3n) is 5.29. The zero-order valence-corrected chi connectivity index (χ0v) is 17.6. The average Bonchev–Trinajstić information content (AvgIpc) is 2.73. The van der Waals surface area contributed by atoms with Crippen LogP contribution in [0.15, 0.2) is 41.2 Å². The van der Waals surface area contributed by atoms with Crippen molar-refractivity contribution in [1.82, 2.24) is 9.47 Å². The number of ether oxygens (including phenoxy) is 1. The summed E-state index contributed by atoms with van der Waals surface area (Å²) in [7, 11) is 1.56. The molecule has 8 heteroatoms. The fourth-order valence-electron chi connectivity index (χ4n) is 3.57. The number of carbonyl (C=O) groups is 2. The van der Waals surface area contributed by atoms with Crippen molar-refractivity contribution in [3.63, 3.8) is 0 Å². The smallest absolute Gasteiger partial charge is 0.323 e. The van der Waals surface area contributed by atoms with Crippen molar-refractivity contribution in [2.75, 3.05) is 30.8 Å². The molecule has 3 amide bonds. The summed E-state index contributed by atoms with van der Waals surface area (Å²) >= 11 is 0. The number of aromatic nitrogens is 1. The highest BCUT2D eigenvalue weighted by Gasteiger charge is 2.22. The molecular formula is C22H28N4O4. The molecule has 2 N–H and O–H groups in total. The molecule has 0 aliphatic carbocycles. The van der Waals surface area contributed by atoms with Gasteiger partial charge in [0.05, 0.1) is 7.11 Å². The minimum absolute atomic E-state index is 0.0347. The standard InChI is InChI=1S/C22H28N4O4/c1-15-5-4-12-25(13-15)20(27)14-26-16(2)6-11-19(21(26)28)24-22(29)23-17-7-9-18(30-3)10-8-17/h6-11,15H,4-5,12-14H2,1-3H3,(H2,23,24,29)/t15-/m0/s1. The Morgan fingerprint density at radius 3 is 2.53 bits per heavy atom. The molecule has 160 valence electrons. The summed E-state index contributed by atoms with van der Waals surface area (Å²) in [5, 5.41) is 5.25. The summed E-state index contributed by atoms with van der Waals surface area (Å²) in [5.74, 6) is 1.07. The summed E-state index contributed by atoms with van der Waals surface area (Å²) < 4.78 is 6.50. The molecule has 0 radical (unpaired) electrons. The number of anilines is 2. The van der Waals surface area contributed by atoms with Crippen LogP contribution in [0.25, 0.3) is 0 Å². The van der Waals surface area contributed by atoms with Crippen LogP contribution in [-0.4, -0.2) is 41.6 Å². The number of nitrogens with one attached hydrogen (secondary N) is 2. The SMILES string of the molecule is COc1ccc(NC(=O)Nc2ccc(C)n(CC(=O)N3CCC[C@H](C)C3)c2=O)cc1. The van der Waals surface area contributed by atoms with Crippen LogP contribution in [0.3, 0.4) is 0 Å². The molecule has 8 nitrogen and oxygen atoms in total. The Morgan fingerprint density at radius 2 is 1.87 bits per heavy atom. The van der Waals surface area contributed by atoms with Crippen LogP contribution < -0.4 is 20.9 Å². The number of hydrogen-bond donors (Lipinski definition) is 2. The van der Waals surface area contributed by atoms with Crippen molar-refractivity contribution >= 4 is 23.3 Å². The Kier molecular flexibility index (Phi) is 6.76. The van der Waals surface area contributed by atoms with Gasteiger partial charge in [0, 0.05) is 24.5 Å². The second kappa shape index (κ2) is 9.47. The number of methoxy groups -OCH3 is 1. The average molecular weight is 412 g/mol. The van der Waals surface area contributed by atoms with Crippen molar-refractivity contribution in [2.24, 2.45) is 5.92 Å². The van der Waals surface area contributed by atoms with Gasteiger partial charge in [0.1, 0.15) is 18.0 Å². The van der Waals surface area contributed by atoms with Gasteiger partial charge in [-0.05, 0) is 62.1 Å². The molecule has 1 aliphatic rings. The lowest BCUT2D eigenvalue weighted by Crippen LogP contribution is -2.42. The number of carbonyl (C=O) groups excluding carboxylic acids is 2. The van der Waals surface area contributed by atoms with Gasteiger partial charge in [0.15, 0.2) is 0 Å². The first-order chi connectivity index (χ1) is 14.4. The number of aryl methyl sites for hydroxylation is 1. The first-order valence-corrected chi connectivity index (χ1v) is 10.1. The summed E-state index contributed by atoms with van der Waals surface area (Å²) in [5.41, 5.74) is 0.944. The fraction of sp³-hybridized carbons (Fsp3) is 0.409. The molecule has 1 fully saturated rings. The zero-order valence-electron chi connectivity index (χ0n) is 17.6. The van der Waals surface area contributed by atoms with E-state index in [-0.39, 0.29) is 18.1 Å². The van der Waals surface area contributed by atoms with Crippen LogP contribution in [0.2, 0.25) is 0 Å². The van der Waals surface area contributed by atoms with Gasteiger partial charge < -0.3 is 24.8 Å². The van der Waals surface area contributed by atoms with Gasteiger partial charge in [-0.3, -0.25) is 9.59 Å². The molecule has 2 aromatic rings. The number of urea groups is 1. The molecular weight excluding hydrogens is 384 g/mol. The number of benzene rings is 1. The summed E-state index contributed by atoms with van der Waals surface area (Å²) in [6, 6.07) is 9.58. The number of nitrogens with zero attached hydrogens (tertiary/aromatic N) is 2. The number of pyridine rings is 1. The maximum Gasteiger partial charge on any atom is 0.323 e. The molecule has 0 bridgehead atoms. The number of rotatable bonds is 5. The van der Waals surface area contributed by atoms with Gasteiger partial charge in [0.2, 0.25) is 5.91 Å². The monoisotopic (exact) mass is 412 g/mol. The van der Waals surface area contributed by atoms with Gasteiger partial charge in [0.25, 0.3) is 5.56 Å². The normalized spacial score (nSPS) is 16.1. The number of piperidine rings is 1. The van der Waals surface area contributed by atoms with E-state index in [0.717, 1.165) is 25.9 Å². The minimum Gasteiger partial charge on any atom is -0.497 e. The van der Waals surface area contributed by atoms with Gasteiger partial charge in [-0.1, -0.05) is 6.92 Å². The zero-order chi connectivity index (χ0) is 21.7. The van der Waals surface area contributed by atoms with Crippen LogP contribution in [0.5, 0.6) is 5.75 Å². The van der Waals surface area contributed by atoms with Crippen LogP contribution >= 0.6 is 0 Å². The Hall–Kier alpha value is -3.29. The predicted octanol–water partition coefficient (Wildman–Crippen LogP) is 3.07. The van der Waals surface area contributed by atoms with E-state index >= 15 is 0 Å². The lowest BCUT2D eigenvalue weighted by Gasteiger charge is -2.31. The van der Waals surface area contributed by atoms with Gasteiger partial charge in [-0.15, -0.1) is 0 Å². The first-order valence-electron chi connectivity index (χ1n) is 10.1. The summed E-state index contributed by atoms with van der Waals surface area (Å²) in [6.07, 6.45) is 2.10. The largest absolute Gasteiger partial charge is 0.497 e. The minimum atomic E-state index is -0.538. The molecule has 1 aromatic heterocycles. The summed E-state index contributed by atoms with van der Waals surface area (Å²) in [6.45, 7) is 5.30. The Balaban J connectivity index is 1.69. The first kappa shape index (κ1) is 21.4. The van der Waals surface area contributed by atoms with E-state index in [2.05, 4.69) is 17.6 Å². The second-order valence-corrected chi connectivity index (χ2v) is 7.67. The van der Waals surface area contributed by atoms with Crippen LogP contribution in [0.1, 0.15) is 25.5 Å². The Labute approximate surface area is 175 Å². The van der Waals surface area contributed by atoms with E-state index in [0.29, 0.717) is 23.0 Å². The number of amides is 3. The lowest BCUT2D eigenvalue weighted by molar-refractivity contribution is -0.133. The van der Waals surface area contributed by atoms with Crippen molar-refractivity contribution in [3.05, 3.63) is 52.4 Å². The topological polar surface area (TPSA) is 92.7 Å². The van der Waals surface area contributed by atoms with E-state index in [9.17, 15) is 14.4 Å². The highest BCUT2D eigenvalue weighted by Crippen LogP contribution is 2.17. The van der Waals surface area contributed by atoms with Crippen LogP contribution in [0.4, 0.5) is 16.2 Å². The third-order valence-corrected chi connectivity index (χ3v) is 5.29. The van der Waals surface area contributed by atoms with Gasteiger partial charge in [-0.2, -0.15) is 0 Å².